The fraction of sp³-hybridized carbons (Fsp3) is 0.333. The van der Waals surface area contributed by atoms with Crippen LogP contribution in [0, 0.1) is 0 Å². The first-order valence-electron chi connectivity index (χ1n) is 6.84. The van der Waals surface area contributed by atoms with Crippen LogP contribution in [-0.4, -0.2) is 23.1 Å². The average molecular weight is 304 g/mol. The van der Waals surface area contributed by atoms with Crippen LogP contribution in [0.3, 0.4) is 0 Å². The Kier molecular flexibility index (Phi) is 3.79. The SMILES string of the molecule is COc1ccc(C(=O)Nc2nc3c(s2)CCCC3)c(O)c1. The number of aromatic nitrogens is 1. The van der Waals surface area contributed by atoms with Crippen molar-refractivity contribution in [3.05, 3.63) is 34.3 Å². The maximum absolute atomic E-state index is 12.2. The molecule has 3 rings (SSSR count). The summed E-state index contributed by atoms with van der Waals surface area (Å²) in [5, 5.41) is 13.2. The number of thiazole rings is 1. The standard InChI is InChI=1S/C15H16N2O3S/c1-20-9-6-7-10(12(18)8-9)14(19)17-15-16-11-4-2-3-5-13(11)21-15/h6-8,18H,2-5H2,1H3,(H,16,17,19). The molecule has 2 N–H and O–H groups in total. The quantitative estimate of drug-likeness (QED) is 0.914. The lowest BCUT2D eigenvalue weighted by atomic mass is 10.0. The number of benzene rings is 1. The summed E-state index contributed by atoms with van der Waals surface area (Å²) in [6.45, 7) is 0. The molecule has 1 aliphatic rings. The highest BCUT2D eigenvalue weighted by atomic mass is 32.1. The predicted molar refractivity (Wildman–Crippen MR) is 81.4 cm³/mol. The van der Waals surface area contributed by atoms with Gasteiger partial charge in [-0.15, -0.1) is 11.3 Å². The second-order valence-corrected chi connectivity index (χ2v) is 6.02. The van der Waals surface area contributed by atoms with E-state index in [1.54, 1.807) is 6.07 Å². The van der Waals surface area contributed by atoms with Gasteiger partial charge in [0, 0.05) is 10.9 Å². The number of carbonyl (C=O) groups excluding carboxylic acids is 1. The van der Waals surface area contributed by atoms with E-state index in [0.717, 1.165) is 25.0 Å². The molecule has 21 heavy (non-hydrogen) atoms. The summed E-state index contributed by atoms with van der Waals surface area (Å²) >= 11 is 1.52. The Balaban J connectivity index is 1.78. The number of anilines is 1. The van der Waals surface area contributed by atoms with Crippen molar-refractivity contribution in [3.8, 4) is 11.5 Å². The van der Waals surface area contributed by atoms with Crippen molar-refractivity contribution in [2.75, 3.05) is 12.4 Å². The Morgan fingerprint density at radius 3 is 2.90 bits per heavy atom. The zero-order valence-electron chi connectivity index (χ0n) is 11.7. The van der Waals surface area contributed by atoms with Crippen LogP contribution in [0.4, 0.5) is 5.13 Å². The van der Waals surface area contributed by atoms with Gasteiger partial charge in [0.05, 0.1) is 18.4 Å². The number of hydrogen-bond donors (Lipinski definition) is 2. The number of amides is 1. The van der Waals surface area contributed by atoms with Crippen molar-refractivity contribution >= 4 is 22.4 Å². The number of ether oxygens (including phenoxy) is 1. The van der Waals surface area contributed by atoms with Crippen molar-refractivity contribution in [2.45, 2.75) is 25.7 Å². The van der Waals surface area contributed by atoms with E-state index >= 15 is 0 Å². The third-order valence-electron chi connectivity index (χ3n) is 3.52. The monoisotopic (exact) mass is 304 g/mol. The predicted octanol–water partition coefficient (Wildman–Crippen LogP) is 2.99. The number of methoxy groups -OCH3 is 1. The normalized spacial score (nSPS) is 13.6. The van der Waals surface area contributed by atoms with Crippen molar-refractivity contribution in [1.82, 2.24) is 4.98 Å². The van der Waals surface area contributed by atoms with Crippen LogP contribution in [-0.2, 0) is 12.8 Å². The highest BCUT2D eigenvalue weighted by molar-refractivity contribution is 7.15. The number of hydrogen-bond acceptors (Lipinski definition) is 5. The zero-order chi connectivity index (χ0) is 14.8. The first kappa shape index (κ1) is 13.9. The van der Waals surface area contributed by atoms with Crippen LogP contribution in [0.25, 0.3) is 0 Å². The highest BCUT2D eigenvalue weighted by Gasteiger charge is 2.18. The summed E-state index contributed by atoms with van der Waals surface area (Å²) in [6, 6.07) is 4.60. The van der Waals surface area contributed by atoms with E-state index in [0.29, 0.717) is 10.9 Å². The van der Waals surface area contributed by atoms with Crippen LogP contribution in [0.5, 0.6) is 11.5 Å². The van der Waals surface area contributed by atoms with E-state index in [2.05, 4.69) is 10.3 Å². The molecule has 0 atom stereocenters. The number of rotatable bonds is 3. The van der Waals surface area contributed by atoms with E-state index in [-0.39, 0.29) is 17.2 Å². The molecule has 6 heteroatoms. The first-order valence-corrected chi connectivity index (χ1v) is 7.66. The minimum absolute atomic E-state index is 0.104. The molecule has 1 aromatic carbocycles. The van der Waals surface area contributed by atoms with Crippen LogP contribution >= 0.6 is 11.3 Å². The van der Waals surface area contributed by atoms with Crippen molar-refractivity contribution in [3.63, 3.8) is 0 Å². The van der Waals surface area contributed by atoms with Gasteiger partial charge in [0.15, 0.2) is 5.13 Å². The molecule has 0 aliphatic heterocycles. The maximum Gasteiger partial charge on any atom is 0.261 e. The number of carbonyl (C=O) groups is 1. The summed E-state index contributed by atoms with van der Waals surface area (Å²) in [6.07, 6.45) is 4.36. The first-order chi connectivity index (χ1) is 10.2. The summed E-state index contributed by atoms with van der Waals surface area (Å²) in [5.74, 6) is 0.0446. The van der Waals surface area contributed by atoms with Crippen LogP contribution < -0.4 is 10.1 Å². The Bertz CT molecular complexity index is 658. The molecule has 1 aromatic heterocycles. The lowest BCUT2D eigenvalue weighted by molar-refractivity contribution is 0.102. The minimum Gasteiger partial charge on any atom is -0.507 e. The van der Waals surface area contributed by atoms with Gasteiger partial charge in [0.25, 0.3) is 5.91 Å². The van der Waals surface area contributed by atoms with Crippen LogP contribution in [0.2, 0.25) is 0 Å². The molecule has 5 nitrogen and oxygen atoms in total. The second-order valence-electron chi connectivity index (χ2n) is 4.93. The molecule has 0 fully saturated rings. The topological polar surface area (TPSA) is 71.5 Å². The fourth-order valence-electron chi connectivity index (χ4n) is 2.40. The van der Waals surface area contributed by atoms with Gasteiger partial charge in [-0.25, -0.2) is 4.98 Å². The lowest BCUT2D eigenvalue weighted by Gasteiger charge is -2.06. The van der Waals surface area contributed by atoms with Crippen molar-refractivity contribution in [2.24, 2.45) is 0 Å². The summed E-state index contributed by atoms with van der Waals surface area (Å²) in [5.41, 5.74) is 1.31. The van der Waals surface area contributed by atoms with E-state index in [1.807, 2.05) is 0 Å². The maximum atomic E-state index is 12.2. The molecule has 1 aliphatic carbocycles. The van der Waals surface area contributed by atoms with Gasteiger partial charge in [-0.3, -0.25) is 10.1 Å². The van der Waals surface area contributed by atoms with Gasteiger partial charge < -0.3 is 9.84 Å². The van der Waals surface area contributed by atoms with Crippen LogP contribution in [0.15, 0.2) is 18.2 Å². The number of aromatic hydroxyl groups is 1. The molecule has 0 saturated carbocycles. The van der Waals surface area contributed by atoms with Gasteiger partial charge in [-0.05, 0) is 37.8 Å². The van der Waals surface area contributed by atoms with E-state index in [9.17, 15) is 9.90 Å². The highest BCUT2D eigenvalue weighted by Crippen LogP contribution is 2.30. The van der Waals surface area contributed by atoms with Gasteiger partial charge in [0.2, 0.25) is 0 Å². The Morgan fingerprint density at radius 1 is 1.38 bits per heavy atom. The molecule has 0 saturated heterocycles. The number of phenolic OH excluding ortho intramolecular Hbond substituents is 1. The zero-order valence-corrected chi connectivity index (χ0v) is 12.5. The third-order valence-corrected chi connectivity index (χ3v) is 4.59. The molecular weight excluding hydrogens is 288 g/mol. The molecule has 0 radical (unpaired) electrons. The molecule has 110 valence electrons. The Morgan fingerprint density at radius 2 is 2.19 bits per heavy atom. The second kappa shape index (κ2) is 5.73. The smallest absolute Gasteiger partial charge is 0.261 e. The largest absolute Gasteiger partial charge is 0.507 e. The molecule has 0 spiro atoms. The number of phenols is 1. The summed E-state index contributed by atoms with van der Waals surface area (Å²) in [7, 11) is 1.51. The molecule has 1 amide bonds. The van der Waals surface area contributed by atoms with E-state index in [1.165, 1.54) is 41.9 Å². The minimum atomic E-state index is -0.360. The van der Waals surface area contributed by atoms with Gasteiger partial charge in [0.1, 0.15) is 11.5 Å². The lowest BCUT2D eigenvalue weighted by Crippen LogP contribution is -2.12. The van der Waals surface area contributed by atoms with Gasteiger partial charge >= 0.3 is 0 Å². The van der Waals surface area contributed by atoms with Crippen molar-refractivity contribution < 1.29 is 14.6 Å². The summed E-state index contributed by atoms with van der Waals surface area (Å²) in [4.78, 5) is 17.9. The summed E-state index contributed by atoms with van der Waals surface area (Å²) < 4.78 is 5.00. The Hall–Kier alpha value is -2.08. The van der Waals surface area contributed by atoms with Crippen molar-refractivity contribution in [1.29, 1.82) is 0 Å². The molecule has 2 aromatic rings. The van der Waals surface area contributed by atoms with E-state index in [4.69, 9.17) is 4.74 Å². The third kappa shape index (κ3) is 2.85. The average Bonchev–Trinajstić information content (AvgIpc) is 2.88. The van der Waals surface area contributed by atoms with Gasteiger partial charge in [-0.2, -0.15) is 0 Å². The molecule has 1 heterocycles. The number of nitrogens with one attached hydrogen (secondary N) is 1. The van der Waals surface area contributed by atoms with E-state index < -0.39 is 0 Å². The van der Waals surface area contributed by atoms with Crippen LogP contribution in [0.1, 0.15) is 33.8 Å². The molecule has 0 bridgehead atoms. The fourth-order valence-corrected chi connectivity index (χ4v) is 3.45. The molecule has 0 unspecified atom stereocenters. The Labute approximate surface area is 126 Å². The number of fused-ring (bicyclic) bond motifs is 1. The van der Waals surface area contributed by atoms with Gasteiger partial charge in [-0.1, -0.05) is 0 Å². The number of aryl methyl sites for hydroxylation is 2. The number of nitrogens with zero attached hydrogens (tertiary/aromatic N) is 1. The molecular formula is C15H16N2O3S.